The van der Waals surface area contributed by atoms with Gasteiger partial charge in [-0.3, -0.25) is 14.8 Å². The molecule has 2 heterocycles. The van der Waals surface area contributed by atoms with Gasteiger partial charge < -0.3 is 4.57 Å². The van der Waals surface area contributed by atoms with Crippen molar-refractivity contribution in [2.45, 2.75) is 6.54 Å². The van der Waals surface area contributed by atoms with Crippen molar-refractivity contribution in [3.63, 3.8) is 0 Å². The fourth-order valence-corrected chi connectivity index (χ4v) is 1.98. The highest BCUT2D eigenvalue weighted by molar-refractivity contribution is 6.08. The number of carbonyl (C=O) groups excluding carboxylic acids is 2. The monoisotopic (exact) mass is 216 g/mol. The van der Waals surface area contributed by atoms with E-state index < -0.39 is 11.8 Å². The van der Waals surface area contributed by atoms with Gasteiger partial charge in [0.15, 0.2) is 0 Å². The zero-order valence-electron chi connectivity index (χ0n) is 8.25. The molecule has 0 radical (unpaired) electrons. The molecule has 16 heavy (non-hydrogen) atoms. The van der Waals surface area contributed by atoms with Crippen LogP contribution in [-0.4, -0.2) is 26.7 Å². The average Bonchev–Trinajstić information content (AvgIpc) is 2.65. The molecule has 1 N–H and O–H groups in total. The van der Waals surface area contributed by atoms with Gasteiger partial charge in [-0.1, -0.05) is 18.2 Å². The molecule has 1 aromatic heterocycles. The quantitative estimate of drug-likeness (QED) is 0.528. The molecule has 0 spiro atoms. The van der Waals surface area contributed by atoms with Crippen LogP contribution in [-0.2, 0) is 11.3 Å². The number of hydrogen-bond acceptors (Lipinski definition) is 3. The Morgan fingerprint density at radius 2 is 1.94 bits per heavy atom. The first-order valence-electron chi connectivity index (χ1n) is 4.83. The first-order chi connectivity index (χ1) is 7.68. The third-order valence-electron chi connectivity index (χ3n) is 2.75. The lowest BCUT2D eigenvalue weighted by atomic mass is 10.2. The summed E-state index contributed by atoms with van der Waals surface area (Å²) >= 11 is 0. The van der Waals surface area contributed by atoms with Crippen LogP contribution in [0.5, 0.6) is 0 Å². The van der Waals surface area contributed by atoms with Gasteiger partial charge in [-0.2, -0.15) is 0 Å². The van der Waals surface area contributed by atoms with Crippen LogP contribution in [0.25, 0.3) is 10.9 Å². The number of rotatable bonds is 0. The van der Waals surface area contributed by atoms with Crippen LogP contribution in [0.3, 0.4) is 0 Å². The lowest BCUT2D eigenvalue weighted by Gasteiger charge is -2.20. The molecule has 2 amide bonds. The summed E-state index contributed by atoms with van der Waals surface area (Å²) in [7, 11) is 0. The number of hydroxylamine groups is 2. The summed E-state index contributed by atoms with van der Waals surface area (Å²) in [5.41, 5.74) is 1.16. The summed E-state index contributed by atoms with van der Waals surface area (Å²) in [6.07, 6.45) is 0. The molecule has 3 rings (SSSR count). The van der Waals surface area contributed by atoms with Gasteiger partial charge in [0, 0.05) is 10.9 Å². The van der Waals surface area contributed by atoms with Crippen molar-refractivity contribution in [2.75, 3.05) is 0 Å². The Morgan fingerprint density at radius 3 is 2.75 bits per heavy atom. The molecular formula is C11H8N2O3. The molecule has 1 aromatic carbocycles. The maximum Gasteiger partial charge on any atom is 0.301 e. The first kappa shape index (κ1) is 9.11. The van der Waals surface area contributed by atoms with E-state index in [4.69, 9.17) is 0 Å². The summed E-state index contributed by atoms with van der Waals surface area (Å²) in [5, 5.41) is 10.3. The molecule has 0 saturated carbocycles. The van der Waals surface area contributed by atoms with Gasteiger partial charge in [-0.15, -0.1) is 5.06 Å². The molecule has 5 nitrogen and oxygen atoms in total. The van der Waals surface area contributed by atoms with Crippen molar-refractivity contribution >= 4 is 22.7 Å². The molecule has 5 heteroatoms. The second-order valence-corrected chi connectivity index (χ2v) is 3.69. The molecule has 0 fully saturated rings. The highest BCUT2D eigenvalue weighted by Gasteiger charge is 2.31. The minimum atomic E-state index is -0.674. The Morgan fingerprint density at radius 1 is 1.19 bits per heavy atom. The van der Waals surface area contributed by atoms with Gasteiger partial charge in [0.25, 0.3) is 5.91 Å². The lowest BCUT2D eigenvalue weighted by molar-refractivity contribution is -0.156. The van der Waals surface area contributed by atoms with E-state index in [0.29, 0.717) is 5.69 Å². The molecule has 0 saturated heterocycles. The third-order valence-corrected chi connectivity index (χ3v) is 2.75. The Labute approximate surface area is 90.5 Å². The molecule has 0 unspecified atom stereocenters. The van der Waals surface area contributed by atoms with Crippen LogP contribution in [0.15, 0.2) is 30.3 Å². The van der Waals surface area contributed by atoms with Crippen LogP contribution in [0.4, 0.5) is 0 Å². The zero-order valence-corrected chi connectivity index (χ0v) is 8.25. The normalized spacial score (nSPS) is 15.7. The lowest BCUT2D eigenvalue weighted by Crippen LogP contribution is -2.42. The smallest absolute Gasteiger partial charge is 0.301 e. The number of fused-ring (bicyclic) bond motifs is 3. The van der Waals surface area contributed by atoms with Gasteiger partial charge in [0.1, 0.15) is 12.2 Å². The van der Waals surface area contributed by atoms with Crippen LogP contribution < -0.4 is 0 Å². The van der Waals surface area contributed by atoms with E-state index in [1.54, 1.807) is 10.6 Å². The van der Waals surface area contributed by atoms with Gasteiger partial charge in [0.2, 0.25) is 0 Å². The second-order valence-electron chi connectivity index (χ2n) is 3.69. The van der Waals surface area contributed by atoms with E-state index in [0.717, 1.165) is 10.9 Å². The number of aromatic nitrogens is 1. The van der Waals surface area contributed by atoms with E-state index in [2.05, 4.69) is 0 Å². The molecule has 0 atom stereocenters. The van der Waals surface area contributed by atoms with Crippen molar-refractivity contribution in [3.8, 4) is 0 Å². The number of para-hydroxylation sites is 1. The molecule has 1 aliphatic rings. The van der Waals surface area contributed by atoms with E-state index >= 15 is 0 Å². The number of imide groups is 1. The van der Waals surface area contributed by atoms with Crippen molar-refractivity contribution in [1.82, 2.24) is 9.63 Å². The van der Waals surface area contributed by atoms with Crippen LogP contribution in [0.2, 0.25) is 0 Å². The highest BCUT2D eigenvalue weighted by atomic mass is 16.5. The summed E-state index contributed by atoms with van der Waals surface area (Å²) < 4.78 is 1.62. The fraction of sp³-hybridized carbons (Fsp3) is 0.0909. The first-order valence-corrected chi connectivity index (χ1v) is 4.83. The van der Waals surface area contributed by atoms with Gasteiger partial charge >= 0.3 is 5.91 Å². The standard InChI is InChI=1S/C11H8N2O3/c14-10-6-12-8-4-2-1-3-7(8)5-9(12)11(15)13(10)16/h1-5,16H,6H2. The van der Waals surface area contributed by atoms with Crippen LogP contribution in [0.1, 0.15) is 10.5 Å². The number of amides is 2. The summed E-state index contributed by atoms with van der Waals surface area (Å²) in [6.45, 7) is -0.00884. The van der Waals surface area contributed by atoms with Crippen molar-refractivity contribution in [3.05, 3.63) is 36.0 Å². The predicted molar refractivity (Wildman–Crippen MR) is 54.9 cm³/mol. The minimum absolute atomic E-state index is 0.00884. The summed E-state index contributed by atoms with van der Waals surface area (Å²) in [4.78, 5) is 23.0. The van der Waals surface area contributed by atoms with E-state index in [-0.39, 0.29) is 11.6 Å². The topological polar surface area (TPSA) is 62.5 Å². The minimum Gasteiger partial charge on any atom is -0.327 e. The Bertz CT molecular complexity index is 615. The van der Waals surface area contributed by atoms with E-state index in [1.165, 1.54) is 0 Å². The van der Waals surface area contributed by atoms with E-state index in [9.17, 15) is 14.8 Å². The van der Waals surface area contributed by atoms with Gasteiger partial charge in [0.05, 0.1) is 0 Å². The van der Waals surface area contributed by atoms with Crippen LogP contribution >= 0.6 is 0 Å². The molecule has 80 valence electrons. The number of benzene rings is 1. The fourth-order valence-electron chi connectivity index (χ4n) is 1.98. The highest BCUT2D eigenvalue weighted by Crippen LogP contribution is 2.23. The molecule has 2 aromatic rings. The zero-order chi connectivity index (χ0) is 11.3. The predicted octanol–water partition coefficient (Wildman–Crippen LogP) is 1.01. The summed E-state index contributed by atoms with van der Waals surface area (Å²) in [6, 6.07) is 9.08. The average molecular weight is 216 g/mol. The van der Waals surface area contributed by atoms with Gasteiger partial charge in [-0.05, 0) is 12.1 Å². The Hall–Kier alpha value is -2.14. The van der Waals surface area contributed by atoms with Crippen molar-refractivity contribution < 1.29 is 14.8 Å². The molecule has 1 aliphatic heterocycles. The number of carbonyl (C=O) groups is 2. The summed E-state index contributed by atoms with van der Waals surface area (Å²) in [5.74, 6) is -1.29. The maximum absolute atomic E-state index is 11.6. The molecule has 0 aliphatic carbocycles. The maximum atomic E-state index is 11.6. The van der Waals surface area contributed by atoms with Crippen molar-refractivity contribution in [1.29, 1.82) is 0 Å². The Balaban J connectivity index is 2.33. The SMILES string of the molecule is O=C1Cn2c(cc3ccccc32)C(=O)N1O. The van der Waals surface area contributed by atoms with Gasteiger partial charge in [-0.25, -0.2) is 0 Å². The largest absolute Gasteiger partial charge is 0.327 e. The second kappa shape index (κ2) is 2.93. The van der Waals surface area contributed by atoms with Crippen molar-refractivity contribution in [2.24, 2.45) is 0 Å². The van der Waals surface area contributed by atoms with Crippen LogP contribution in [0, 0.1) is 0 Å². The number of hydrogen-bond donors (Lipinski definition) is 1. The third kappa shape index (κ3) is 1.03. The Kier molecular flexibility index (Phi) is 1.67. The molecular weight excluding hydrogens is 208 g/mol. The van der Waals surface area contributed by atoms with E-state index in [1.807, 2.05) is 24.3 Å². The molecule has 0 bridgehead atoms. The number of nitrogens with zero attached hydrogens (tertiary/aromatic N) is 2.